The number of hydrogen-bond donors (Lipinski definition) is 3. The maximum atomic E-state index is 11.9. The first-order chi connectivity index (χ1) is 12.5. The topological polar surface area (TPSA) is 90.8 Å². The molecule has 0 aliphatic rings. The fourth-order valence-corrected chi connectivity index (χ4v) is 2.33. The highest BCUT2D eigenvalue weighted by atomic mass is 35.5. The first-order valence-electron chi connectivity index (χ1n) is 7.78. The second-order valence-electron chi connectivity index (χ2n) is 5.33. The van der Waals surface area contributed by atoms with Crippen LogP contribution in [0.2, 0.25) is 5.02 Å². The molecule has 3 N–H and O–H groups in total. The lowest BCUT2D eigenvalue weighted by Crippen LogP contribution is -2.34. The number of carbonyl (C=O) groups excluding carboxylic acids is 2. The number of phenols is 1. The van der Waals surface area contributed by atoms with Gasteiger partial charge in [-0.15, -0.1) is 6.58 Å². The molecule has 2 rings (SSSR count). The van der Waals surface area contributed by atoms with Crippen molar-refractivity contribution in [1.82, 2.24) is 10.7 Å². The van der Waals surface area contributed by atoms with Gasteiger partial charge in [0.2, 0.25) is 0 Å². The predicted molar refractivity (Wildman–Crippen MR) is 102 cm³/mol. The molecule has 2 amide bonds. The van der Waals surface area contributed by atoms with E-state index in [4.69, 9.17) is 11.6 Å². The Morgan fingerprint density at radius 3 is 2.73 bits per heavy atom. The maximum absolute atomic E-state index is 11.9. The zero-order valence-electron chi connectivity index (χ0n) is 13.9. The Hall–Kier alpha value is -3.12. The van der Waals surface area contributed by atoms with Gasteiger partial charge in [-0.1, -0.05) is 35.9 Å². The van der Waals surface area contributed by atoms with Crippen molar-refractivity contribution in [2.45, 2.75) is 6.42 Å². The van der Waals surface area contributed by atoms with Crippen LogP contribution in [0.5, 0.6) is 5.75 Å². The van der Waals surface area contributed by atoms with Crippen molar-refractivity contribution < 1.29 is 14.7 Å². The van der Waals surface area contributed by atoms with Crippen LogP contribution in [-0.4, -0.2) is 29.7 Å². The van der Waals surface area contributed by atoms with E-state index in [-0.39, 0.29) is 12.3 Å². The molecule has 0 aromatic heterocycles. The normalized spacial score (nSPS) is 10.5. The van der Waals surface area contributed by atoms with Crippen molar-refractivity contribution in [3.8, 4) is 5.75 Å². The summed E-state index contributed by atoms with van der Waals surface area (Å²) in [7, 11) is 0. The van der Waals surface area contributed by atoms with E-state index in [2.05, 4.69) is 22.4 Å². The zero-order chi connectivity index (χ0) is 18.9. The van der Waals surface area contributed by atoms with Gasteiger partial charge in [0.1, 0.15) is 5.75 Å². The number of aromatic hydroxyl groups is 1. The Morgan fingerprint density at radius 2 is 2.00 bits per heavy atom. The van der Waals surface area contributed by atoms with E-state index < -0.39 is 11.8 Å². The molecule has 0 aliphatic carbocycles. The van der Waals surface area contributed by atoms with E-state index in [1.54, 1.807) is 42.5 Å². The van der Waals surface area contributed by atoms with E-state index in [0.29, 0.717) is 28.1 Å². The highest BCUT2D eigenvalue weighted by Crippen LogP contribution is 2.21. The van der Waals surface area contributed by atoms with Crippen LogP contribution in [0.1, 0.15) is 21.5 Å². The summed E-state index contributed by atoms with van der Waals surface area (Å²) < 4.78 is 0. The second-order valence-corrected chi connectivity index (χ2v) is 5.77. The van der Waals surface area contributed by atoms with E-state index in [1.807, 2.05) is 0 Å². The number of nitrogens with zero attached hydrogens (tertiary/aromatic N) is 1. The van der Waals surface area contributed by atoms with Gasteiger partial charge in [0.15, 0.2) is 0 Å². The molecule has 0 bridgehead atoms. The van der Waals surface area contributed by atoms with Gasteiger partial charge in [-0.2, -0.15) is 5.10 Å². The van der Waals surface area contributed by atoms with Crippen molar-refractivity contribution in [1.29, 1.82) is 0 Å². The van der Waals surface area contributed by atoms with E-state index in [0.717, 1.165) is 0 Å². The van der Waals surface area contributed by atoms with Gasteiger partial charge in [-0.3, -0.25) is 9.59 Å². The summed E-state index contributed by atoms with van der Waals surface area (Å²) in [6.45, 7) is 3.38. The second kappa shape index (κ2) is 9.39. The summed E-state index contributed by atoms with van der Waals surface area (Å²) in [5.41, 5.74) is 3.82. The van der Waals surface area contributed by atoms with E-state index >= 15 is 0 Å². The van der Waals surface area contributed by atoms with Crippen molar-refractivity contribution in [2.24, 2.45) is 5.10 Å². The number of para-hydroxylation sites is 1. The van der Waals surface area contributed by atoms with Crippen LogP contribution in [-0.2, 0) is 11.2 Å². The van der Waals surface area contributed by atoms with Crippen molar-refractivity contribution in [3.05, 3.63) is 76.8 Å². The highest BCUT2D eigenvalue weighted by Gasteiger charge is 2.08. The van der Waals surface area contributed by atoms with Crippen LogP contribution >= 0.6 is 11.6 Å². The lowest BCUT2D eigenvalue weighted by Gasteiger charge is -2.06. The number of hydrazone groups is 1. The van der Waals surface area contributed by atoms with Crippen molar-refractivity contribution >= 4 is 29.6 Å². The number of hydrogen-bond acceptors (Lipinski definition) is 4. The molecule has 2 aromatic carbocycles. The first kappa shape index (κ1) is 19.2. The van der Waals surface area contributed by atoms with E-state index in [9.17, 15) is 14.7 Å². The summed E-state index contributed by atoms with van der Waals surface area (Å²) in [6.07, 6.45) is 3.54. The van der Waals surface area contributed by atoms with Gasteiger partial charge >= 0.3 is 0 Å². The van der Waals surface area contributed by atoms with Gasteiger partial charge in [-0.05, 0) is 36.2 Å². The van der Waals surface area contributed by atoms with Crippen LogP contribution in [0.15, 0.2) is 60.2 Å². The Balaban J connectivity index is 1.87. The number of amides is 2. The molecule has 0 atom stereocenters. The highest BCUT2D eigenvalue weighted by molar-refractivity contribution is 6.30. The fraction of sp³-hybridized carbons (Fsp3) is 0.105. The molecule has 134 valence electrons. The quantitative estimate of drug-likeness (QED) is 0.397. The van der Waals surface area contributed by atoms with Crippen LogP contribution in [0.3, 0.4) is 0 Å². The largest absolute Gasteiger partial charge is 0.507 e. The molecule has 0 fully saturated rings. The Morgan fingerprint density at radius 1 is 1.23 bits per heavy atom. The third-order valence-electron chi connectivity index (χ3n) is 3.40. The van der Waals surface area contributed by atoms with Gasteiger partial charge in [-0.25, -0.2) is 5.43 Å². The molecule has 0 heterocycles. The van der Waals surface area contributed by atoms with Crippen LogP contribution in [0.25, 0.3) is 0 Å². The Labute approximate surface area is 156 Å². The van der Waals surface area contributed by atoms with Crippen LogP contribution in [0, 0.1) is 0 Å². The molecule has 0 unspecified atom stereocenters. The minimum absolute atomic E-state index is 0.0830. The standard InChI is InChI=1S/C19H18ClN3O3/c1-2-5-13-6-3-8-15(18(13)25)11-22-23-17(24)12-21-19(26)14-7-4-9-16(20)10-14/h2-4,6-11,25H,1,5,12H2,(H,21,26)(H,23,24)/b22-11-. The summed E-state index contributed by atoms with van der Waals surface area (Å²) in [6, 6.07) is 11.6. The average molecular weight is 372 g/mol. The molecular formula is C19H18ClN3O3. The third-order valence-corrected chi connectivity index (χ3v) is 3.64. The molecule has 0 spiro atoms. The number of allylic oxidation sites excluding steroid dienone is 1. The fourth-order valence-electron chi connectivity index (χ4n) is 2.14. The molecule has 0 aliphatic heterocycles. The third kappa shape index (κ3) is 5.46. The molecular weight excluding hydrogens is 354 g/mol. The average Bonchev–Trinajstić information content (AvgIpc) is 2.63. The number of halogens is 1. The Kier molecular flexibility index (Phi) is 6.93. The molecule has 6 nitrogen and oxygen atoms in total. The Bertz CT molecular complexity index is 850. The lowest BCUT2D eigenvalue weighted by atomic mass is 10.1. The number of benzene rings is 2. The van der Waals surface area contributed by atoms with E-state index in [1.165, 1.54) is 12.3 Å². The minimum atomic E-state index is -0.502. The number of phenolic OH excluding ortho intramolecular Hbond substituents is 1. The van der Waals surface area contributed by atoms with Crippen molar-refractivity contribution in [3.63, 3.8) is 0 Å². The molecule has 26 heavy (non-hydrogen) atoms. The molecule has 7 heteroatoms. The van der Waals surface area contributed by atoms with Gasteiger partial charge in [0.05, 0.1) is 12.8 Å². The molecule has 0 radical (unpaired) electrons. The summed E-state index contributed by atoms with van der Waals surface area (Å²) >= 11 is 5.82. The summed E-state index contributed by atoms with van der Waals surface area (Å²) in [5, 5.41) is 16.8. The maximum Gasteiger partial charge on any atom is 0.259 e. The van der Waals surface area contributed by atoms with Crippen molar-refractivity contribution in [2.75, 3.05) is 6.54 Å². The molecule has 2 aromatic rings. The molecule has 0 saturated carbocycles. The predicted octanol–water partition coefficient (Wildman–Crippen LogP) is 2.65. The van der Waals surface area contributed by atoms with Gasteiger partial charge in [0.25, 0.3) is 11.8 Å². The minimum Gasteiger partial charge on any atom is -0.507 e. The number of rotatable bonds is 7. The SMILES string of the molecule is C=CCc1cccc(/C=N\NC(=O)CNC(=O)c2cccc(Cl)c2)c1O. The van der Waals surface area contributed by atoms with Gasteiger partial charge < -0.3 is 10.4 Å². The lowest BCUT2D eigenvalue weighted by molar-refractivity contribution is -0.120. The monoisotopic (exact) mass is 371 g/mol. The number of carbonyl (C=O) groups is 2. The number of nitrogens with one attached hydrogen (secondary N) is 2. The summed E-state index contributed by atoms with van der Waals surface area (Å²) in [4.78, 5) is 23.7. The first-order valence-corrected chi connectivity index (χ1v) is 8.16. The smallest absolute Gasteiger partial charge is 0.259 e. The van der Waals surface area contributed by atoms with Crippen LogP contribution in [0.4, 0.5) is 0 Å². The van der Waals surface area contributed by atoms with Crippen LogP contribution < -0.4 is 10.7 Å². The zero-order valence-corrected chi connectivity index (χ0v) is 14.7. The van der Waals surface area contributed by atoms with Gasteiger partial charge in [0, 0.05) is 16.1 Å². The summed E-state index contributed by atoms with van der Waals surface area (Å²) in [5.74, 6) is -0.834. The molecule has 0 saturated heterocycles.